The summed E-state index contributed by atoms with van der Waals surface area (Å²) >= 11 is 0. The third-order valence-corrected chi connectivity index (χ3v) is 1.99. The number of hydrogen-bond acceptors (Lipinski definition) is 4. The highest BCUT2D eigenvalue weighted by atomic mass is 16.5. The van der Waals surface area contributed by atoms with E-state index < -0.39 is 0 Å². The molecule has 0 fully saturated rings. The smallest absolute Gasteiger partial charge is 0.213 e. The summed E-state index contributed by atoms with van der Waals surface area (Å²) in [6.07, 6.45) is 1.34. The summed E-state index contributed by atoms with van der Waals surface area (Å²) in [6, 6.07) is 0.475. The van der Waals surface area contributed by atoms with E-state index in [1.807, 2.05) is 0 Å². The first-order valence-corrected chi connectivity index (χ1v) is 4.18. The Bertz CT molecular complexity index is 208. The summed E-state index contributed by atoms with van der Waals surface area (Å²) < 4.78 is 4.61. The molecule has 0 spiro atoms. The summed E-state index contributed by atoms with van der Waals surface area (Å²) in [5, 5.41) is 7.00. The normalized spacial score (nSPS) is 13.7. The van der Waals surface area contributed by atoms with Crippen LogP contribution in [0, 0.1) is 5.92 Å². The zero-order valence-corrected chi connectivity index (χ0v) is 7.74. The largest absolute Gasteiger partial charge is 0.343 e. The second kappa shape index (κ2) is 4.21. The summed E-state index contributed by atoms with van der Waals surface area (Å²) in [4.78, 5) is 3.91. The van der Waals surface area contributed by atoms with Crippen LogP contribution in [0.2, 0.25) is 0 Å². The van der Waals surface area contributed by atoms with Gasteiger partial charge in [-0.25, -0.2) is 0 Å². The Morgan fingerprint density at radius 2 is 2.25 bits per heavy atom. The Hall–Kier alpha value is -0.900. The van der Waals surface area contributed by atoms with Crippen LogP contribution in [0.1, 0.15) is 26.6 Å². The van der Waals surface area contributed by atoms with Crippen molar-refractivity contribution >= 4 is 0 Å². The Balaban J connectivity index is 2.27. The zero-order valence-electron chi connectivity index (χ0n) is 7.74. The Morgan fingerprint density at radius 3 is 2.75 bits per heavy atom. The highest BCUT2D eigenvalue weighted by Gasteiger charge is 2.06. The van der Waals surface area contributed by atoms with E-state index >= 15 is 0 Å². The molecule has 68 valence electrons. The molecular weight excluding hydrogens is 154 g/mol. The van der Waals surface area contributed by atoms with Gasteiger partial charge in [0, 0.05) is 6.04 Å². The third-order valence-electron chi connectivity index (χ3n) is 1.99. The number of hydrogen-bond donors (Lipinski definition) is 1. The van der Waals surface area contributed by atoms with Gasteiger partial charge >= 0.3 is 0 Å². The van der Waals surface area contributed by atoms with Crippen LogP contribution in [-0.4, -0.2) is 16.2 Å². The lowest BCUT2D eigenvalue weighted by atomic mass is 10.1. The van der Waals surface area contributed by atoms with Crippen LogP contribution in [0.25, 0.3) is 0 Å². The van der Waals surface area contributed by atoms with Gasteiger partial charge in [0.1, 0.15) is 0 Å². The third kappa shape index (κ3) is 2.62. The molecule has 0 aliphatic carbocycles. The molecule has 1 N–H and O–H groups in total. The van der Waals surface area contributed by atoms with Gasteiger partial charge < -0.3 is 9.84 Å². The molecule has 0 radical (unpaired) electrons. The van der Waals surface area contributed by atoms with Crippen molar-refractivity contribution in [2.24, 2.45) is 5.92 Å². The molecule has 0 bridgehead atoms. The van der Waals surface area contributed by atoms with Gasteiger partial charge in [0.05, 0.1) is 6.54 Å². The van der Waals surface area contributed by atoms with E-state index in [9.17, 15) is 0 Å². The fourth-order valence-corrected chi connectivity index (χ4v) is 0.758. The molecule has 4 nitrogen and oxygen atoms in total. The SMILES string of the molecule is CC(C)C(C)NCc1ncon1. The van der Waals surface area contributed by atoms with Crippen LogP contribution in [0.15, 0.2) is 10.9 Å². The van der Waals surface area contributed by atoms with Crippen LogP contribution < -0.4 is 5.32 Å². The topological polar surface area (TPSA) is 51.0 Å². The molecule has 0 aliphatic heterocycles. The Labute approximate surface area is 72.4 Å². The molecule has 0 saturated carbocycles. The fraction of sp³-hybridized carbons (Fsp3) is 0.750. The molecule has 1 aromatic heterocycles. The second-order valence-corrected chi connectivity index (χ2v) is 3.26. The molecule has 0 aromatic carbocycles. The van der Waals surface area contributed by atoms with Crippen LogP contribution in [0.5, 0.6) is 0 Å². The van der Waals surface area contributed by atoms with Crippen molar-refractivity contribution in [1.29, 1.82) is 0 Å². The highest BCUT2D eigenvalue weighted by molar-refractivity contribution is 4.78. The summed E-state index contributed by atoms with van der Waals surface area (Å²) in [5.41, 5.74) is 0. The minimum atomic E-state index is 0.475. The summed E-state index contributed by atoms with van der Waals surface area (Å²) in [6.45, 7) is 7.17. The standard InChI is InChI=1S/C8H15N3O/c1-6(2)7(3)9-4-8-10-5-12-11-8/h5-7,9H,4H2,1-3H3. The highest BCUT2D eigenvalue weighted by Crippen LogP contribution is 2.00. The molecule has 1 rings (SSSR count). The van der Waals surface area contributed by atoms with Crippen LogP contribution in [0.3, 0.4) is 0 Å². The van der Waals surface area contributed by atoms with Gasteiger partial charge in [0.15, 0.2) is 5.82 Å². The maximum Gasteiger partial charge on any atom is 0.213 e. The van der Waals surface area contributed by atoms with Crippen LogP contribution in [-0.2, 0) is 6.54 Å². The van der Waals surface area contributed by atoms with Gasteiger partial charge in [-0.15, -0.1) is 0 Å². The van der Waals surface area contributed by atoms with Gasteiger partial charge in [0.2, 0.25) is 6.39 Å². The van der Waals surface area contributed by atoms with E-state index in [0.29, 0.717) is 24.3 Å². The van der Waals surface area contributed by atoms with Crippen molar-refractivity contribution in [3.05, 3.63) is 12.2 Å². The van der Waals surface area contributed by atoms with Gasteiger partial charge in [-0.3, -0.25) is 0 Å². The predicted octanol–water partition coefficient (Wildman–Crippen LogP) is 1.20. The first-order chi connectivity index (χ1) is 5.70. The maximum absolute atomic E-state index is 4.61. The van der Waals surface area contributed by atoms with Crippen molar-refractivity contribution in [1.82, 2.24) is 15.5 Å². The minimum Gasteiger partial charge on any atom is -0.343 e. The van der Waals surface area contributed by atoms with Crippen molar-refractivity contribution in [3.63, 3.8) is 0 Å². The van der Waals surface area contributed by atoms with E-state index in [1.165, 1.54) is 6.39 Å². The van der Waals surface area contributed by atoms with Gasteiger partial charge in [-0.05, 0) is 12.8 Å². The Kier molecular flexibility index (Phi) is 3.22. The number of aromatic nitrogens is 2. The lowest BCUT2D eigenvalue weighted by molar-refractivity contribution is 0.391. The van der Waals surface area contributed by atoms with Crippen molar-refractivity contribution in [2.75, 3.05) is 0 Å². The summed E-state index contributed by atoms with van der Waals surface area (Å²) in [5.74, 6) is 1.33. The van der Waals surface area contributed by atoms with E-state index in [-0.39, 0.29) is 0 Å². The zero-order chi connectivity index (χ0) is 8.97. The molecule has 1 heterocycles. The fourth-order valence-electron chi connectivity index (χ4n) is 0.758. The summed E-state index contributed by atoms with van der Waals surface area (Å²) in [7, 11) is 0. The van der Waals surface area contributed by atoms with E-state index in [1.54, 1.807) is 0 Å². The molecule has 0 aliphatic rings. The molecule has 1 atom stereocenters. The van der Waals surface area contributed by atoms with Crippen LogP contribution in [0.4, 0.5) is 0 Å². The predicted molar refractivity (Wildman–Crippen MR) is 45.4 cm³/mol. The monoisotopic (exact) mass is 169 g/mol. The van der Waals surface area contributed by atoms with Gasteiger partial charge in [0.25, 0.3) is 0 Å². The molecular formula is C8H15N3O. The maximum atomic E-state index is 4.61. The van der Waals surface area contributed by atoms with Crippen molar-refractivity contribution in [3.8, 4) is 0 Å². The van der Waals surface area contributed by atoms with Crippen molar-refractivity contribution in [2.45, 2.75) is 33.4 Å². The second-order valence-electron chi connectivity index (χ2n) is 3.26. The van der Waals surface area contributed by atoms with Crippen molar-refractivity contribution < 1.29 is 4.52 Å². The lowest BCUT2D eigenvalue weighted by Gasteiger charge is -2.15. The quantitative estimate of drug-likeness (QED) is 0.736. The molecule has 0 amide bonds. The molecule has 1 unspecified atom stereocenters. The van der Waals surface area contributed by atoms with Crippen LogP contribution >= 0.6 is 0 Å². The number of rotatable bonds is 4. The first kappa shape index (κ1) is 9.19. The average Bonchev–Trinajstić information content (AvgIpc) is 2.51. The number of nitrogens with one attached hydrogen (secondary N) is 1. The first-order valence-electron chi connectivity index (χ1n) is 4.18. The van der Waals surface area contributed by atoms with Gasteiger partial charge in [-0.2, -0.15) is 4.98 Å². The lowest BCUT2D eigenvalue weighted by Crippen LogP contribution is -2.30. The number of nitrogens with zero attached hydrogens (tertiary/aromatic N) is 2. The van der Waals surface area contributed by atoms with Gasteiger partial charge in [-0.1, -0.05) is 19.0 Å². The molecule has 12 heavy (non-hydrogen) atoms. The van der Waals surface area contributed by atoms with E-state index in [4.69, 9.17) is 0 Å². The minimum absolute atomic E-state index is 0.475. The average molecular weight is 169 g/mol. The molecule has 1 aromatic rings. The molecule has 0 saturated heterocycles. The molecule has 4 heteroatoms. The Morgan fingerprint density at radius 1 is 1.50 bits per heavy atom. The van der Waals surface area contributed by atoms with E-state index in [0.717, 1.165) is 0 Å². The van der Waals surface area contributed by atoms with E-state index in [2.05, 4.69) is 40.8 Å².